The lowest BCUT2D eigenvalue weighted by Gasteiger charge is -2.22. The zero-order chi connectivity index (χ0) is 16.3. The van der Waals surface area contributed by atoms with E-state index in [2.05, 4.69) is 5.32 Å². The quantitative estimate of drug-likeness (QED) is 0.892. The normalized spacial score (nSPS) is 15.5. The molecule has 1 amide bonds. The van der Waals surface area contributed by atoms with E-state index >= 15 is 0 Å². The summed E-state index contributed by atoms with van der Waals surface area (Å²) in [6.07, 6.45) is 4.97. The molecule has 24 heavy (non-hydrogen) atoms. The molecule has 1 aliphatic rings. The van der Waals surface area contributed by atoms with Gasteiger partial charge in [0.05, 0.1) is 12.1 Å². The number of aromatic nitrogens is 1. The monoisotopic (exact) mass is 347 g/mol. The average Bonchev–Trinajstić information content (AvgIpc) is 3.00. The largest absolute Gasteiger partial charge is 0.320 e. The molecule has 1 fully saturated rings. The molecule has 3 rings (SSSR count). The number of hydrogen-bond donors (Lipinski definition) is 2. The van der Waals surface area contributed by atoms with Crippen LogP contribution in [-0.4, -0.2) is 16.0 Å². The number of hydrogen-bond acceptors (Lipinski definition) is 3. The minimum atomic E-state index is -0.841. The van der Waals surface area contributed by atoms with Gasteiger partial charge >= 0.3 is 0 Å². The van der Waals surface area contributed by atoms with Crippen molar-refractivity contribution in [1.29, 1.82) is 0 Å². The van der Waals surface area contributed by atoms with Gasteiger partial charge in [0.15, 0.2) is 0 Å². The highest BCUT2D eigenvalue weighted by Crippen LogP contribution is 2.28. The molecule has 1 aromatic carbocycles. The van der Waals surface area contributed by atoms with Crippen molar-refractivity contribution in [1.82, 2.24) is 4.57 Å². The van der Waals surface area contributed by atoms with Crippen LogP contribution < -0.4 is 16.6 Å². The average molecular weight is 348 g/mol. The van der Waals surface area contributed by atoms with E-state index in [-0.39, 0.29) is 29.6 Å². The van der Waals surface area contributed by atoms with Crippen molar-refractivity contribution in [3.63, 3.8) is 0 Å². The number of carbonyl (C=O) groups excluding carboxylic acids is 1. The van der Waals surface area contributed by atoms with Crippen LogP contribution in [0.15, 0.2) is 53.5 Å². The molecule has 0 bridgehead atoms. The Kier molecular flexibility index (Phi) is 5.80. The Hall–Kier alpha value is -2.11. The molecular weight excluding hydrogens is 326 g/mol. The van der Waals surface area contributed by atoms with Crippen molar-refractivity contribution in [3.8, 4) is 0 Å². The van der Waals surface area contributed by atoms with E-state index in [1.807, 2.05) is 30.3 Å². The highest BCUT2D eigenvalue weighted by molar-refractivity contribution is 5.98. The fraction of sp³-hybridized carbons (Fsp3) is 0.333. The summed E-state index contributed by atoms with van der Waals surface area (Å²) in [5, 5.41) is 2.72. The maximum Gasteiger partial charge on any atom is 0.274 e. The van der Waals surface area contributed by atoms with E-state index in [1.165, 1.54) is 0 Å². The SMILES string of the molecule is Cl.NC1(C(=O)Nc2cccn(Cc3ccccc3)c2=O)CCCC1. The molecule has 6 heteroatoms. The summed E-state index contributed by atoms with van der Waals surface area (Å²) in [4.78, 5) is 24.9. The van der Waals surface area contributed by atoms with Gasteiger partial charge in [-0.3, -0.25) is 9.59 Å². The van der Waals surface area contributed by atoms with Crippen LogP contribution >= 0.6 is 12.4 Å². The summed E-state index contributed by atoms with van der Waals surface area (Å²) in [6, 6.07) is 13.1. The number of anilines is 1. The van der Waals surface area contributed by atoms with Gasteiger partial charge in [-0.15, -0.1) is 12.4 Å². The van der Waals surface area contributed by atoms with E-state index in [9.17, 15) is 9.59 Å². The maximum absolute atomic E-state index is 12.5. The van der Waals surface area contributed by atoms with E-state index in [4.69, 9.17) is 5.73 Å². The highest BCUT2D eigenvalue weighted by atomic mass is 35.5. The third kappa shape index (κ3) is 3.86. The number of nitrogens with zero attached hydrogens (tertiary/aromatic N) is 1. The van der Waals surface area contributed by atoms with Crippen LogP contribution in [0.1, 0.15) is 31.2 Å². The lowest BCUT2D eigenvalue weighted by Crippen LogP contribution is -2.49. The number of pyridine rings is 1. The second-order valence-corrected chi connectivity index (χ2v) is 6.16. The summed E-state index contributed by atoms with van der Waals surface area (Å²) in [5.74, 6) is -0.260. The summed E-state index contributed by atoms with van der Waals surface area (Å²) in [6.45, 7) is 0.469. The van der Waals surface area contributed by atoms with Gasteiger partial charge in [0.1, 0.15) is 5.69 Å². The van der Waals surface area contributed by atoms with Crippen molar-refractivity contribution in [2.75, 3.05) is 5.32 Å². The fourth-order valence-electron chi connectivity index (χ4n) is 3.02. The van der Waals surface area contributed by atoms with Gasteiger partial charge in [-0.25, -0.2) is 0 Å². The summed E-state index contributed by atoms with van der Waals surface area (Å²) < 4.78 is 1.59. The van der Waals surface area contributed by atoms with Crippen molar-refractivity contribution < 1.29 is 4.79 Å². The molecule has 128 valence electrons. The van der Waals surface area contributed by atoms with E-state index in [0.717, 1.165) is 18.4 Å². The first-order valence-electron chi connectivity index (χ1n) is 7.92. The minimum Gasteiger partial charge on any atom is -0.320 e. The Labute approximate surface area is 147 Å². The maximum atomic E-state index is 12.5. The third-order valence-corrected chi connectivity index (χ3v) is 4.41. The fourth-order valence-corrected chi connectivity index (χ4v) is 3.02. The number of carbonyl (C=O) groups is 1. The topological polar surface area (TPSA) is 77.1 Å². The Morgan fingerprint density at radius 3 is 2.46 bits per heavy atom. The van der Waals surface area contributed by atoms with E-state index in [1.54, 1.807) is 22.9 Å². The number of rotatable bonds is 4. The van der Waals surface area contributed by atoms with Crippen molar-refractivity contribution in [3.05, 3.63) is 64.6 Å². The molecule has 0 aliphatic heterocycles. The van der Waals surface area contributed by atoms with Crippen LogP contribution in [0.25, 0.3) is 0 Å². The van der Waals surface area contributed by atoms with E-state index < -0.39 is 5.54 Å². The van der Waals surface area contributed by atoms with Crippen molar-refractivity contribution in [2.45, 2.75) is 37.8 Å². The van der Waals surface area contributed by atoms with Crippen LogP contribution in [0.3, 0.4) is 0 Å². The lowest BCUT2D eigenvalue weighted by atomic mass is 9.98. The third-order valence-electron chi connectivity index (χ3n) is 4.41. The number of benzene rings is 1. The van der Waals surface area contributed by atoms with Crippen LogP contribution in [0, 0.1) is 0 Å². The molecule has 5 nitrogen and oxygen atoms in total. The van der Waals surface area contributed by atoms with Gasteiger partial charge in [0, 0.05) is 6.20 Å². The smallest absolute Gasteiger partial charge is 0.274 e. The predicted octanol–water partition coefficient (Wildman–Crippen LogP) is 2.53. The number of halogens is 1. The molecule has 1 saturated carbocycles. The first kappa shape index (κ1) is 18.2. The van der Waals surface area contributed by atoms with Gasteiger partial charge in [-0.2, -0.15) is 0 Å². The molecule has 0 atom stereocenters. The molecule has 0 spiro atoms. The predicted molar refractivity (Wildman–Crippen MR) is 97.5 cm³/mol. The number of amides is 1. The van der Waals surface area contributed by atoms with E-state index in [0.29, 0.717) is 19.4 Å². The van der Waals surface area contributed by atoms with Gasteiger partial charge in [0.2, 0.25) is 5.91 Å². The summed E-state index contributed by atoms with van der Waals surface area (Å²) >= 11 is 0. The Morgan fingerprint density at radius 1 is 1.12 bits per heavy atom. The highest BCUT2D eigenvalue weighted by Gasteiger charge is 2.37. The van der Waals surface area contributed by atoms with Crippen molar-refractivity contribution in [2.24, 2.45) is 5.73 Å². The molecule has 3 N–H and O–H groups in total. The summed E-state index contributed by atoms with van der Waals surface area (Å²) in [7, 11) is 0. The van der Waals surface area contributed by atoms with Crippen LogP contribution in [0.5, 0.6) is 0 Å². The van der Waals surface area contributed by atoms with Crippen LogP contribution in [0.4, 0.5) is 5.69 Å². The van der Waals surface area contributed by atoms with Gasteiger partial charge in [0.25, 0.3) is 5.56 Å². The molecule has 1 aromatic heterocycles. The Bertz CT molecular complexity index is 752. The van der Waals surface area contributed by atoms with Crippen molar-refractivity contribution >= 4 is 24.0 Å². The van der Waals surface area contributed by atoms with Crippen LogP contribution in [0.2, 0.25) is 0 Å². The van der Waals surface area contributed by atoms with Gasteiger partial charge in [-0.1, -0.05) is 43.2 Å². The molecule has 0 saturated heterocycles. The number of nitrogens with two attached hydrogens (primary N) is 1. The minimum absolute atomic E-state index is 0. The second kappa shape index (κ2) is 7.64. The molecular formula is C18H22ClN3O2. The standard InChI is InChI=1S/C18H21N3O2.ClH/c19-18(10-4-5-11-18)17(23)20-15-9-6-12-21(16(15)22)13-14-7-2-1-3-8-14;/h1-3,6-9,12H,4-5,10-11,13,19H2,(H,20,23);1H. The first-order valence-corrected chi connectivity index (χ1v) is 7.92. The molecule has 2 aromatic rings. The Balaban J connectivity index is 0.00000208. The lowest BCUT2D eigenvalue weighted by molar-refractivity contribution is -0.121. The second-order valence-electron chi connectivity index (χ2n) is 6.16. The molecule has 1 heterocycles. The van der Waals surface area contributed by atoms with Gasteiger partial charge < -0.3 is 15.6 Å². The molecule has 0 unspecified atom stereocenters. The Morgan fingerprint density at radius 2 is 1.79 bits per heavy atom. The number of nitrogens with one attached hydrogen (secondary N) is 1. The van der Waals surface area contributed by atoms with Gasteiger partial charge in [-0.05, 0) is 30.5 Å². The summed E-state index contributed by atoms with van der Waals surface area (Å²) in [5.41, 5.74) is 6.40. The first-order chi connectivity index (χ1) is 11.1. The zero-order valence-electron chi connectivity index (χ0n) is 13.4. The zero-order valence-corrected chi connectivity index (χ0v) is 14.2. The van der Waals surface area contributed by atoms with Crippen LogP contribution in [-0.2, 0) is 11.3 Å². The molecule has 0 radical (unpaired) electrons. The molecule has 1 aliphatic carbocycles.